The van der Waals surface area contributed by atoms with Crippen LogP contribution in [0.5, 0.6) is 0 Å². The van der Waals surface area contributed by atoms with Crippen LogP contribution in [0.3, 0.4) is 0 Å². The van der Waals surface area contributed by atoms with Gasteiger partial charge in [0.05, 0.1) is 21.8 Å². The molecule has 2 aliphatic heterocycles. The van der Waals surface area contributed by atoms with Gasteiger partial charge in [0.2, 0.25) is 0 Å². The Hall–Kier alpha value is -2.41. The number of thiophene rings is 1. The lowest BCUT2D eigenvalue weighted by atomic mass is 10.1. The second-order valence-corrected chi connectivity index (χ2v) is 10.5. The molecule has 1 N–H and O–H groups in total. The van der Waals surface area contributed by atoms with Gasteiger partial charge in [-0.2, -0.15) is 13.7 Å². The number of amides is 1. The van der Waals surface area contributed by atoms with Crippen molar-refractivity contribution in [2.24, 2.45) is 4.40 Å². The Labute approximate surface area is 184 Å². The number of aryl methyl sites for hydroxylation is 1. The van der Waals surface area contributed by atoms with Crippen molar-refractivity contribution in [2.75, 3.05) is 16.8 Å². The van der Waals surface area contributed by atoms with Gasteiger partial charge < -0.3 is 10.2 Å². The Kier molecular flexibility index (Phi) is 5.34. The van der Waals surface area contributed by atoms with Crippen molar-refractivity contribution in [3.63, 3.8) is 0 Å². The number of halogens is 1. The van der Waals surface area contributed by atoms with Crippen LogP contribution in [0, 0.1) is 25.2 Å². The summed E-state index contributed by atoms with van der Waals surface area (Å²) in [5, 5.41) is 12.7. The minimum absolute atomic E-state index is 0.0262. The van der Waals surface area contributed by atoms with E-state index in [9.17, 15) is 18.5 Å². The predicted molar refractivity (Wildman–Crippen MR) is 118 cm³/mol. The number of carbonyl (C=O) groups excluding carboxylic acids is 1. The quantitative estimate of drug-likeness (QED) is 0.701. The molecular weight excluding hydrogens is 444 g/mol. The number of hydrogen-bond donors (Lipinski definition) is 1. The van der Waals surface area contributed by atoms with E-state index < -0.39 is 15.9 Å². The molecule has 0 spiro atoms. The molecule has 0 atom stereocenters. The summed E-state index contributed by atoms with van der Waals surface area (Å²) in [4.78, 5) is 15.7. The topological polar surface area (TPSA) is 103 Å². The third-order valence-electron chi connectivity index (χ3n) is 5.41. The molecule has 30 heavy (non-hydrogen) atoms. The van der Waals surface area contributed by atoms with Crippen LogP contribution >= 0.6 is 22.9 Å². The van der Waals surface area contributed by atoms with Crippen molar-refractivity contribution in [3.8, 4) is 6.07 Å². The molecule has 1 aromatic heterocycles. The van der Waals surface area contributed by atoms with Crippen molar-refractivity contribution < 1.29 is 13.2 Å². The largest absolute Gasteiger partial charge is 0.328 e. The number of amidine groups is 1. The van der Waals surface area contributed by atoms with E-state index in [0.717, 1.165) is 29.7 Å². The predicted octanol–water partition coefficient (Wildman–Crippen LogP) is 4.62. The van der Waals surface area contributed by atoms with E-state index in [4.69, 9.17) is 11.6 Å². The molecule has 0 saturated carbocycles. The van der Waals surface area contributed by atoms with Gasteiger partial charge in [-0.05, 0) is 44.4 Å². The monoisotopic (exact) mass is 462 g/mol. The van der Waals surface area contributed by atoms with Gasteiger partial charge in [0.25, 0.3) is 15.9 Å². The van der Waals surface area contributed by atoms with E-state index in [1.165, 1.54) is 23.5 Å². The standard InChI is InChI=1S/C20H19ClN4O3S2/c1-11-12(2)29-20(14(11)10-22)23-19(26)13-8-17-16(9-15(13)21)25-7-5-3-4-6-18(25)24-30(17,27)28/h8-9H,3-7H2,1-2H3,(H,23,26). The summed E-state index contributed by atoms with van der Waals surface area (Å²) in [6, 6.07) is 4.91. The summed E-state index contributed by atoms with van der Waals surface area (Å²) < 4.78 is 29.6. The fourth-order valence-corrected chi connectivity index (χ4v) is 6.21. The Bertz CT molecular complexity index is 1240. The van der Waals surface area contributed by atoms with Crippen LogP contribution in [-0.2, 0) is 10.0 Å². The molecule has 0 unspecified atom stereocenters. The van der Waals surface area contributed by atoms with Gasteiger partial charge in [-0.25, -0.2) is 0 Å². The second-order valence-electron chi connectivity index (χ2n) is 7.30. The summed E-state index contributed by atoms with van der Waals surface area (Å²) in [5.41, 5.74) is 1.69. The Morgan fingerprint density at radius 1 is 1.30 bits per heavy atom. The van der Waals surface area contributed by atoms with Crippen LogP contribution in [0.25, 0.3) is 0 Å². The summed E-state index contributed by atoms with van der Waals surface area (Å²) in [6.07, 6.45) is 3.40. The molecule has 1 fully saturated rings. The van der Waals surface area contributed by atoms with E-state index in [-0.39, 0.29) is 15.5 Å². The maximum atomic E-state index is 12.9. The van der Waals surface area contributed by atoms with Crippen molar-refractivity contribution in [1.82, 2.24) is 0 Å². The molecule has 156 valence electrons. The molecule has 7 nitrogen and oxygen atoms in total. The van der Waals surface area contributed by atoms with Crippen LogP contribution in [0.2, 0.25) is 5.02 Å². The molecule has 1 aromatic carbocycles. The number of hydrogen-bond acceptors (Lipinski definition) is 6. The lowest BCUT2D eigenvalue weighted by molar-refractivity contribution is 0.102. The highest BCUT2D eigenvalue weighted by atomic mass is 35.5. The third-order valence-corrected chi connectivity index (χ3v) is 8.17. The molecule has 3 heterocycles. The Morgan fingerprint density at radius 3 is 2.80 bits per heavy atom. The fraction of sp³-hybridized carbons (Fsp3) is 0.350. The van der Waals surface area contributed by atoms with Crippen molar-refractivity contribution in [3.05, 3.63) is 38.7 Å². The molecule has 2 aliphatic rings. The lowest BCUT2D eigenvalue weighted by Gasteiger charge is -2.30. The van der Waals surface area contributed by atoms with Gasteiger partial charge >= 0.3 is 0 Å². The first kappa shape index (κ1) is 20.8. The van der Waals surface area contributed by atoms with E-state index >= 15 is 0 Å². The first-order valence-electron chi connectivity index (χ1n) is 9.49. The molecule has 1 amide bonds. The number of rotatable bonds is 2. The zero-order valence-electron chi connectivity index (χ0n) is 16.5. The third kappa shape index (κ3) is 3.49. The average molecular weight is 463 g/mol. The Balaban J connectivity index is 1.76. The van der Waals surface area contributed by atoms with Crippen molar-refractivity contribution in [1.29, 1.82) is 5.26 Å². The van der Waals surface area contributed by atoms with Crippen LogP contribution in [0.15, 0.2) is 21.4 Å². The molecule has 1 saturated heterocycles. The number of anilines is 2. The van der Waals surface area contributed by atoms with Gasteiger partial charge in [-0.1, -0.05) is 18.0 Å². The molecule has 10 heteroatoms. The van der Waals surface area contributed by atoms with E-state index in [0.29, 0.717) is 35.1 Å². The van der Waals surface area contributed by atoms with Gasteiger partial charge in [-0.15, -0.1) is 15.7 Å². The lowest BCUT2D eigenvalue weighted by Crippen LogP contribution is -2.35. The fourth-order valence-electron chi connectivity index (χ4n) is 3.69. The van der Waals surface area contributed by atoms with Gasteiger partial charge in [0.1, 0.15) is 21.8 Å². The molecule has 4 rings (SSSR count). The van der Waals surface area contributed by atoms with Crippen molar-refractivity contribution in [2.45, 2.75) is 44.4 Å². The maximum Gasteiger partial charge on any atom is 0.286 e. The number of sulfonamides is 1. The smallest absolute Gasteiger partial charge is 0.286 e. The van der Waals surface area contributed by atoms with Crippen molar-refractivity contribution >= 4 is 55.4 Å². The van der Waals surface area contributed by atoms with E-state index in [2.05, 4.69) is 15.8 Å². The molecule has 0 aliphatic carbocycles. The first-order chi connectivity index (χ1) is 14.2. The maximum absolute atomic E-state index is 12.9. The van der Waals surface area contributed by atoms with Crippen LogP contribution in [0.1, 0.15) is 52.0 Å². The van der Waals surface area contributed by atoms with E-state index in [1.807, 2.05) is 18.7 Å². The molecule has 0 bridgehead atoms. The summed E-state index contributed by atoms with van der Waals surface area (Å²) >= 11 is 7.71. The first-order valence-corrected chi connectivity index (χ1v) is 12.1. The minimum Gasteiger partial charge on any atom is -0.328 e. The van der Waals surface area contributed by atoms with E-state index in [1.54, 1.807) is 0 Å². The summed E-state index contributed by atoms with van der Waals surface area (Å²) in [7, 11) is -3.93. The number of carbonyl (C=O) groups is 1. The SMILES string of the molecule is Cc1sc(NC(=O)c2cc3c(cc2Cl)N2CCCCCC2=NS3(=O)=O)c(C#N)c1C. The zero-order valence-corrected chi connectivity index (χ0v) is 18.8. The zero-order chi connectivity index (χ0) is 21.6. The number of benzene rings is 1. The van der Waals surface area contributed by atoms with Crippen LogP contribution in [0.4, 0.5) is 10.7 Å². The summed E-state index contributed by atoms with van der Waals surface area (Å²) in [6.45, 7) is 4.34. The van der Waals surface area contributed by atoms with Crippen LogP contribution < -0.4 is 10.2 Å². The van der Waals surface area contributed by atoms with Gasteiger partial charge in [0, 0.05) is 17.8 Å². The second kappa shape index (κ2) is 7.69. The Morgan fingerprint density at radius 2 is 2.07 bits per heavy atom. The summed E-state index contributed by atoms with van der Waals surface area (Å²) in [5.74, 6) is -0.0436. The molecule has 2 aromatic rings. The van der Waals surface area contributed by atoms with Gasteiger partial charge in [-0.3, -0.25) is 4.79 Å². The highest BCUT2D eigenvalue weighted by Gasteiger charge is 2.33. The normalized spacial score (nSPS) is 17.3. The van der Waals surface area contributed by atoms with Gasteiger partial charge in [0.15, 0.2) is 0 Å². The highest BCUT2D eigenvalue weighted by molar-refractivity contribution is 7.90. The number of fused-ring (bicyclic) bond motifs is 3. The number of nitriles is 1. The minimum atomic E-state index is -3.93. The van der Waals surface area contributed by atoms with Crippen LogP contribution in [-0.4, -0.2) is 26.7 Å². The average Bonchev–Trinajstić information content (AvgIpc) is 2.84. The molecular formula is C20H19ClN4O3S2. The number of nitrogens with zero attached hydrogens (tertiary/aromatic N) is 3. The number of nitrogens with one attached hydrogen (secondary N) is 1. The highest BCUT2D eigenvalue weighted by Crippen LogP contribution is 2.39. The molecule has 0 radical (unpaired) electrons.